The molecule has 2 aliphatic rings. The smallest absolute Gasteiger partial charge is 0.270 e. The molecule has 8 heteroatoms. The zero-order chi connectivity index (χ0) is 23.1. The van der Waals surface area contributed by atoms with Crippen molar-refractivity contribution in [1.82, 2.24) is 14.5 Å². The van der Waals surface area contributed by atoms with Gasteiger partial charge in [0.15, 0.2) is 0 Å². The Kier molecular flexibility index (Phi) is 5.43. The third-order valence-electron chi connectivity index (χ3n) is 6.73. The van der Waals surface area contributed by atoms with Gasteiger partial charge in [-0.2, -0.15) is 0 Å². The molecular weight excluding hydrogens is 416 g/mol. The molecule has 0 unspecified atom stereocenters. The van der Waals surface area contributed by atoms with Gasteiger partial charge in [0.05, 0.1) is 16.9 Å². The van der Waals surface area contributed by atoms with Gasteiger partial charge in [0.25, 0.3) is 11.4 Å². The van der Waals surface area contributed by atoms with E-state index in [0.717, 1.165) is 48.8 Å². The molecule has 2 aliphatic heterocycles. The summed E-state index contributed by atoms with van der Waals surface area (Å²) in [6, 6.07) is 11.9. The first-order valence-corrected chi connectivity index (χ1v) is 11.3. The molecule has 5 rings (SSSR count). The van der Waals surface area contributed by atoms with E-state index in [2.05, 4.69) is 57.0 Å². The molecule has 1 saturated heterocycles. The lowest BCUT2D eigenvalue weighted by atomic mass is 10.0. The number of nitrogens with zero attached hydrogens (tertiary/aromatic N) is 5. The maximum atomic E-state index is 12.7. The number of benzene rings is 1. The summed E-state index contributed by atoms with van der Waals surface area (Å²) in [4.78, 5) is 25.5. The predicted molar refractivity (Wildman–Crippen MR) is 130 cm³/mol. The van der Waals surface area contributed by atoms with Crippen molar-refractivity contribution in [2.75, 3.05) is 36.5 Å². The van der Waals surface area contributed by atoms with Crippen LogP contribution in [0.3, 0.4) is 0 Å². The van der Waals surface area contributed by atoms with Crippen molar-refractivity contribution in [3.63, 3.8) is 0 Å². The number of ether oxygens (including phenoxy) is 1. The number of piperazine rings is 1. The number of pyridine rings is 2. The van der Waals surface area contributed by atoms with Crippen LogP contribution in [-0.2, 0) is 13.6 Å². The molecule has 4 heterocycles. The van der Waals surface area contributed by atoms with Gasteiger partial charge in [-0.15, -0.1) is 4.98 Å². The topological polar surface area (TPSA) is 67.0 Å². The number of aromatic nitrogens is 2. The summed E-state index contributed by atoms with van der Waals surface area (Å²) >= 11 is 0. The largest absolute Gasteiger partial charge is 0.489 e. The standard InChI is InChI=1S/C25H28N6O2/c1-16-14-31(21-12-23(32)29(4)20-8-9-22(26-3)28-24(20)21)17(2)13-30(16)15-18-6-5-7-19-25(18)33-11-10-27-19/h5-9,12,16-17,27H,10-11,13-15H2,1-2,4H3/t16-,17+/m1/s1. The summed E-state index contributed by atoms with van der Waals surface area (Å²) in [5.74, 6) is 1.30. The average Bonchev–Trinajstić information content (AvgIpc) is 2.83. The number of aryl methyl sites for hydroxylation is 1. The molecule has 0 aliphatic carbocycles. The highest BCUT2D eigenvalue weighted by Crippen LogP contribution is 2.34. The maximum Gasteiger partial charge on any atom is 0.270 e. The Hall–Kier alpha value is -3.57. The quantitative estimate of drug-likeness (QED) is 0.625. The Labute approximate surface area is 193 Å². The molecule has 0 spiro atoms. The molecular formula is C25H28N6O2. The van der Waals surface area contributed by atoms with Crippen molar-refractivity contribution in [2.45, 2.75) is 32.5 Å². The lowest BCUT2D eigenvalue weighted by molar-refractivity contribution is 0.155. The SMILES string of the molecule is [C-]#[N+]c1ccc2c(n1)c(N1C[C@@H](C)N(Cc3cccc4c3OCCN4)C[C@@H]1C)cc(=O)n2C. The minimum absolute atomic E-state index is 0.0716. The van der Waals surface area contributed by atoms with Crippen LogP contribution >= 0.6 is 0 Å². The van der Waals surface area contributed by atoms with Gasteiger partial charge in [-0.05, 0) is 32.0 Å². The Morgan fingerprint density at radius 2 is 2.06 bits per heavy atom. The molecule has 33 heavy (non-hydrogen) atoms. The molecule has 8 nitrogen and oxygen atoms in total. The van der Waals surface area contributed by atoms with E-state index in [1.165, 1.54) is 5.56 Å². The van der Waals surface area contributed by atoms with Gasteiger partial charge in [-0.3, -0.25) is 9.69 Å². The normalized spacial score (nSPS) is 20.6. The molecule has 0 radical (unpaired) electrons. The molecule has 2 aromatic heterocycles. The van der Waals surface area contributed by atoms with Gasteiger partial charge < -0.3 is 24.4 Å². The van der Waals surface area contributed by atoms with Crippen LogP contribution in [0.1, 0.15) is 19.4 Å². The lowest BCUT2D eigenvalue weighted by Gasteiger charge is -2.45. The third kappa shape index (κ3) is 3.79. The van der Waals surface area contributed by atoms with Crippen molar-refractivity contribution >= 4 is 28.2 Å². The zero-order valence-corrected chi connectivity index (χ0v) is 19.2. The summed E-state index contributed by atoms with van der Waals surface area (Å²) in [5, 5.41) is 3.41. The first-order valence-electron chi connectivity index (χ1n) is 11.3. The number of hydrogen-bond acceptors (Lipinski definition) is 6. The summed E-state index contributed by atoms with van der Waals surface area (Å²) in [5.41, 5.74) is 4.43. The molecule has 2 atom stereocenters. The molecule has 0 amide bonds. The van der Waals surface area contributed by atoms with E-state index < -0.39 is 0 Å². The van der Waals surface area contributed by atoms with Crippen LogP contribution < -0.4 is 20.5 Å². The molecule has 1 N–H and O–H groups in total. The molecule has 170 valence electrons. The number of fused-ring (bicyclic) bond motifs is 2. The molecule has 1 aromatic carbocycles. The Bertz CT molecular complexity index is 1310. The van der Waals surface area contributed by atoms with Crippen LogP contribution in [0.15, 0.2) is 41.2 Å². The third-order valence-corrected chi connectivity index (χ3v) is 6.73. The van der Waals surface area contributed by atoms with Gasteiger partial charge in [-0.25, -0.2) is 0 Å². The number of hydrogen-bond donors (Lipinski definition) is 1. The van der Waals surface area contributed by atoms with E-state index in [9.17, 15) is 4.79 Å². The van der Waals surface area contributed by atoms with Crippen molar-refractivity contribution in [3.05, 3.63) is 63.7 Å². The van der Waals surface area contributed by atoms with E-state index in [1.54, 1.807) is 23.7 Å². The van der Waals surface area contributed by atoms with Crippen LogP contribution in [0.5, 0.6) is 5.75 Å². The van der Waals surface area contributed by atoms with Crippen LogP contribution in [0.25, 0.3) is 15.9 Å². The van der Waals surface area contributed by atoms with Crippen molar-refractivity contribution in [2.24, 2.45) is 7.05 Å². The first kappa shape index (κ1) is 21.3. The minimum Gasteiger partial charge on any atom is -0.489 e. The van der Waals surface area contributed by atoms with E-state index in [-0.39, 0.29) is 17.6 Å². The van der Waals surface area contributed by atoms with Gasteiger partial charge >= 0.3 is 0 Å². The summed E-state index contributed by atoms with van der Waals surface area (Å²) in [6.45, 7) is 15.7. The fourth-order valence-corrected chi connectivity index (χ4v) is 4.91. The highest BCUT2D eigenvalue weighted by molar-refractivity contribution is 5.89. The van der Waals surface area contributed by atoms with Gasteiger partial charge in [-0.1, -0.05) is 18.7 Å². The molecule has 3 aromatic rings. The first-order chi connectivity index (χ1) is 16.0. The lowest BCUT2D eigenvalue weighted by Crippen LogP contribution is -2.56. The van der Waals surface area contributed by atoms with Gasteiger partial charge in [0.2, 0.25) is 5.52 Å². The highest BCUT2D eigenvalue weighted by atomic mass is 16.5. The Morgan fingerprint density at radius 1 is 1.21 bits per heavy atom. The predicted octanol–water partition coefficient (Wildman–Crippen LogP) is 3.39. The van der Waals surface area contributed by atoms with E-state index in [1.807, 2.05) is 6.07 Å². The number of para-hydroxylation sites is 1. The van der Waals surface area contributed by atoms with Crippen molar-refractivity contribution < 1.29 is 4.74 Å². The second kappa shape index (κ2) is 8.41. The summed E-state index contributed by atoms with van der Waals surface area (Å²) < 4.78 is 7.57. The monoisotopic (exact) mass is 444 g/mol. The van der Waals surface area contributed by atoms with E-state index >= 15 is 0 Å². The van der Waals surface area contributed by atoms with E-state index in [0.29, 0.717) is 17.9 Å². The van der Waals surface area contributed by atoms with Crippen molar-refractivity contribution in [1.29, 1.82) is 0 Å². The summed E-state index contributed by atoms with van der Waals surface area (Å²) in [7, 11) is 1.75. The second-order valence-corrected chi connectivity index (χ2v) is 8.92. The average molecular weight is 445 g/mol. The molecule has 1 fully saturated rings. The minimum atomic E-state index is -0.0716. The van der Waals surface area contributed by atoms with Crippen molar-refractivity contribution in [3.8, 4) is 5.75 Å². The fraction of sp³-hybridized carbons (Fsp3) is 0.400. The van der Waals surface area contributed by atoms with Crippen LogP contribution in [0.2, 0.25) is 0 Å². The van der Waals surface area contributed by atoms with Crippen LogP contribution in [0.4, 0.5) is 17.2 Å². The van der Waals surface area contributed by atoms with Crippen LogP contribution in [0, 0.1) is 6.57 Å². The van der Waals surface area contributed by atoms with Gasteiger partial charge in [0, 0.05) is 56.9 Å². The van der Waals surface area contributed by atoms with Gasteiger partial charge in [0.1, 0.15) is 12.4 Å². The zero-order valence-electron chi connectivity index (χ0n) is 19.2. The summed E-state index contributed by atoms with van der Waals surface area (Å²) in [6.07, 6.45) is 0. The molecule has 0 saturated carbocycles. The van der Waals surface area contributed by atoms with E-state index in [4.69, 9.17) is 11.3 Å². The molecule has 0 bridgehead atoms. The fourth-order valence-electron chi connectivity index (χ4n) is 4.91. The Morgan fingerprint density at radius 3 is 2.88 bits per heavy atom. The number of anilines is 2. The number of nitrogens with one attached hydrogen (secondary N) is 1. The maximum absolute atomic E-state index is 12.7. The second-order valence-electron chi connectivity index (χ2n) is 8.92. The highest BCUT2D eigenvalue weighted by Gasteiger charge is 2.32. The number of rotatable bonds is 3. The van der Waals surface area contributed by atoms with Crippen LogP contribution in [-0.4, -0.2) is 52.8 Å². The Balaban J connectivity index is 1.45.